The third kappa shape index (κ3) is 9.33. The molecule has 0 aliphatic heterocycles. The van der Waals surface area contributed by atoms with Gasteiger partial charge in [0.1, 0.15) is 0 Å². The van der Waals surface area contributed by atoms with Gasteiger partial charge in [-0.05, 0) is 25.2 Å². The molecule has 0 bridgehead atoms. The van der Waals surface area contributed by atoms with Gasteiger partial charge in [0.15, 0.2) is 0 Å². The van der Waals surface area contributed by atoms with E-state index in [2.05, 4.69) is 20.8 Å². The van der Waals surface area contributed by atoms with E-state index in [0.29, 0.717) is 18.9 Å². The van der Waals surface area contributed by atoms with E-state index in [-0.39, 0.29) is 6.42 Å². The molecule has 2 N–H and O–H groups in total. The van der Waals surface area contributed by atoms with Crippen molar-refractivity contribution in [2.75, 3.05) is 6.54 Å². The van der Waals surface area contributed by atoms with Crippen LogP contribution in [0.1, 0.15) is 52.9 Å². The molecule has 0 atom stereocenters. The molecule has 0 aromatic carbocycles. The Kier molecular flexibility index (Phi) is 8.07. The molecule has 0 aliphatic carbocycles. The van der Waals surface area contributed by atoms with Gasteiger partial charge in [0, 0.05) is 19.2 Å². The lowest BCUT2D eigenvalue weighted by molar-refractivity contribution is -0.135. The van der Waals surface area contributed by atoms with Crippen molar-refractivity contribution in [3.63, 3.8) is 0 Å². The second kappa shape index (κ2) is 8.40. The number of nitrogens with zero attached hydrogens (tertiary/aromatic N) is 1. The molecule has 0 aromatic rings. The van der Waals surface area contributed by atoms with Crippen LogP contribution in [0.5, 0.6) is 0 Å². The summed E-state index contributed by atoms with van der Waals surface area (Å²) < 4.78 is 35.8. The number of rotatable bonds is 8. The summed E-state index contributed by atoms with van der Waals surface area (Å²) in [5.41, 5.74) is 1.25. The summed E-state index contributed by atoms with van der Waals surface area (Å²) in [7, 11) is 0. The van der Waals surface area contributed by atoms with Crippen molar-refractivity contribution in [1.29, 1.82) is 0 Å². The number of nitrogens with two attached hydrogens (primary N) is 1. The van der Waals surface area contributed by atoms with Crippen LogP contribution < -0.4 is 5.84 Å². The van der Waals surface area contributed by atoms with Crippen molar-refractivity contribution in [3.05, 3.63) is 11.8 Å². The maximum atomic E-state index is 11.9. The minimum absolute atomic E-state index is 0.135. The summed E-state index contributed by atoms with van der Waals surface area (Å²) in [6.07, 6.45) is -0.279. The molecule has 0 radical (unpaired) electrons. The molecule has 0 saturated heterocycles. The number of unbranched alkanes of at least 4 members (excludes halogenated alkanes) is 1. The van der Waals surface area contributed by atoms with Crippen LogP contribution in [-0.4, -0.2) is 17.7 Å². The van der Waals surface area contributed by atoms with Crippen LogP contribution in [0.25, 0.3) is 0 Å². The Morgan fingerprint density at radius 2 is 1.89 bits per heavy atom. The zero-order chi connectivity index (χ0) is 14.2. The Morgan fingerprint density at radius 1 is 1.28 bits per heavy atom. The first kappa shape index (κ1) is 17.3. The van der Waals surface area contributed by atoms with Gasteiger partial charge in [-0.15, -0.1) is 0 Å². The quantitative estimate of drug-likeness (QED) is 0.404. The topological polar surface area (TPSA) is 29.3 Å². The van der Waals surface area contributed by atoms with E-state index in [9.17, 15) is 13.2 Å². The van der Waals surface area contributed by atoms with Crippen molar-refractivity contribution >= 4 is 0 Å². The highest BCUT2D eigenvalue weighted by Crippen LogP contribution is 2.22. The summed E-state index contributed by atoms with van der Waals surface area (Å²) >= 11 is 0. The molecule has 5 heteroatoms. The summed E-state index contributed by atoms with van der Waals surface area (Å²) in [5, 5.41) is 1.52. The molecule has 0 spiro atoms. The van der Waals surface area contributed by atoms with E-state index in [1.165, 1.54) is 10.6 Å². The van der Waals surface area contributed by atoms with Crippen LogP contribution in [0.4, 0.5) is 13.2 Å². The molecule has 0 rings (SSSR count). The van der Waals surface area contributed by atoms with Gasteiger partial charge in [0.25, 0.3) is 0 Å². The Morgan fingerprint density at radius 3 is 2.33 bits per heavy atom. The zero-order valence-electron chi connectivity index (χ0n) is 11.6. The molecule has 108 valence electrons. The van der Waals surface area contributed by atoms with Crippen LogP contribution in [0.3, 0.4) is 0 Å². The van der Waals surface area contributed by atoms with Crippen molar-refractivity contribution in [2.45, 2.75) is 59.1 Å². The maximum Gasteiger partial charge on any atom is 0.389 e. The minimum atomic E-state index is -4.05. The van der Waals surface area contributed by atoms with Gasteiger partial charge < -0.3 is 5.01 Å². The Labute approximate surface area is 108 Å². The lowest BCUT2D eigenvalue weighted by atomic mass is 10.00. The molecule has 0 saturated carbocycles. The molecule has 0 fully saturated rings. The molecule has 2 nitrogen and oxygen atoms in total. The highest BCUT2D eigenvalue weighted by atomic mass is 19.4. The molecule has 0 aliphatic rings. The lowest BCUT2D eigenvalue weighted by Gasteiger charge is -2.18. The van der Waals surface area contributed by atoms with Crippen molar-refractivity contribution in [3.8, 4) is 0 Å². The number of halogens is 3. The summed E-state index contributed by atoms with van der Waals surface area (Å²) in [6.45, 7) is 6.76. The highest BCUT2D eigenvalue weighted by molar-refractivity contribution is 5.03. The van der Waals surface area contributed by atoms with Gasteiger partial charge in [0.05, 0.1) is 0 Å². The third-order valence-corrected chi connectivity index (χ3v) is 2.74. The van der Waals surface area contributed by atoms with E-state index < -0.39 is 12.6 Å². The highest BCUT2D eigenvalue weighted by Gasteiger charge is 2.25. The zero-order valence-corrected chi connectivity index (χ0v) is 11.6. The van der Waals surface area contributed by atoms with Crippen molar-refractivity contribution in [1.82, 2.24) is 5.01 Å². The van der Waals surface area contributed by atoms with Gasteiger partial charge in [-0.1, -0.05) is 32.8 Å². The molecule has 0 unspecified atom stereocenters. The van der Waals surface area contributed by atoms with Gasteiger partial charge in [-0.25, -0.2) is 5.84 Å². The Hall–Kier alpha value is -0.710. The van der Waals surface area contributed by atoms with Crippen molar-refractivity contribution < 1.29 is 13.2 Å². The monoisotopic (exact) mass is 266 g/mol. The summed E-state index contributed by atoms with van der Waals surface area (Å²) in [6, 6.07) is 0. The maximum absolute atomic E-state index is 11.9. The van der Waals surface area contributed by atoms with E-state index in [1.54, 1.807) is 0 Å². The molecular formula is C13H25F3N2. The average Bonchev–Trinajstić information content (AvgIpc) is 2.22. The second-order valence-corrected chi connectivity index (χ2v) is 4.92. The van der Waals surface area contributed by atoms with Gasteiger partial charge in [-0.3, -0.25) is 0 Å². The van der Waals surface area contributed by atoms with Gasteiger partial charge in [-0.2, -0.15) is 13.2 Å². The standard InChI is InChI=1S/C13H25F3N2/c1-4-7-12(11(2)3)10-18(17)9-6-5-8-13(14,15)16/h10-11H,4-9,17H2,1-3H3/b12-10+. The first-order valence-corrected chi connectivity index (χ1v) is 6.55. The second-order valence-electron chi connectivity index (χ2n) is 4.92. The fourth-order valence-corrected chi connectivity index (χ4v) is 1.69. The SMILES string of the molecule is CCC/C(=C\N(N)CCCCC(F)(F)F)C(C)C. The number of hydrogen-bond donors (Lipinski definition) is 1. The van der Waals surface area contributed by atoms with Crippen LogP contribution in [-0.2, 0) is 0 Å². The lowest BCUT2D eigenvalue weighted by Crippen LogP contribution is -2.27. The van der Waals surface area contributed by atoms with E-state index in [1.807, 2.05) is 6.20 Å². The Balaban J connectivity index is 4.00. The van der Waals surface area contributed by atoms with Crippen molar-refractivity contribution in [2.24, 2.45) is 11.8 Å². The number of hydrazine groups is 1. The predicted molar refractivity (Wildman–Crippen MR) is 68.6 cm³/mol. The number of allylic oxidation sites excluding steroid dienone is 1. The van der Waals surface area contributed by atoms with Crippen LogP contribution >= 0.6 is 0 Å². The largest absolute Gasteiger partial charge is 0.389 e. The smallest absolute Gasteiger partial charge is 0.318 e. The normalized spacial score (nSPS) is 13.2. The molecule has 0 aromatic heterocycles. The van der Waals surface area contributed by atoms with E-state index >= 15 is 0 Å². The number of hydrogen-bond acceptors (Lipinski definition) is 2. The first-order chi connectivity index (χ1) is 8.26. The van der Waals surface area contributed by atoms with Crippen LogP contribution in [0.15, 0.2) is 11.8 Å². The first-order valence-electron chi connectivity index (χ1n) is 6.55. The van der Waals surface area contributed by atoms with Gasteiger partial charge >= 0.3 is 6.18 Å². The minimum Gasteiger partial charge on any atom is -0.318 e. The molecule has 0 amide bonds. The molecular weight excluding hydrogens is 241 g/mol. The average molecular weight is 266 g/mol. The van der Waals surface area contributed by atoms with E-state index in [0.717, 1.165) is 12.8 Å². The predicted octanol–water partition coefficient (Wildman–Crippen LogP) is 4.23. The van der Waals surface area contributed by atoms with Crippen LogP contribution in [0.2, 0.25) is 0 Å². The van der Waals surface area contributed by atoms with E-state index in [4.69, 9.17) is 5.84 Å². The van der Waals surface area contributed by atoms with Crippen LogP contribution in [0, 0.1) is 5.92 Å². The summed E-state index contributed by atoms with van der Waals surface area (Å²) in [5.74, 6) is 6.19. The number of alkyl halides is 3. The van der Waals surface area contributed by atoms with Gasteiger partial charge in [0.2, 0.25) is 0 Å². The molecule has 0 heterocycles. The molecule has 18 heavy (non-hydrogen) atoms. The Bertz CT molecular complexity index is 247. The fourth-order valence-electron chi connectivity index (χ4n) is 1.69. The fraction of sp³-hybridized carbons (Fsp3) is 0.846. The summed E-state index contributed by atoms with van der Waals surface area (Å²) in [4.78, 5) is 0. The third-order valence-electron chi connectivity index (χ3n) is 2.74.